The second kappa shape index (κ2) is 6.98. The van der Waals surface area contributed by atoms with Gasteiger partial charge in [-0.05, 0) is 31.5 Å². The van der Waals surface area contributed by atoms with Crippen molar-refractivity contribution in [3.63, 3.8) is 0 Å². The van der Waals surface area contributed by atoms with E-state index in [4.69, 9.17) is 16.3 Å². The van der Waals surface area contributed by atoms with Crippen molar-refractivity contribution in [2.24, 2.45) is 13.0 Å². The van der Waals surface area contributed by atoms with Gasteiger partial charge in [-0.2, -0.15) is 5.10 Å². The van der Waals surface area contributed by atoms with Gasteiger partial charge in [0, 0.05) is 29.9 Å². The molecule has 1 aliphatic rings. The van der Waals surface area contributed by atoms with Crippen molar-refractivity contribution in [3.8, 4) is 0 Å². The third-order valence-electron chi connectivity index (χ3n) is 4.82. The first-order valence-electron chi connectivity index (χ1n) is 8.45. The molecule has 1 saturated heterocycles. The van der Waals surface area contributed by atoms with Crippen molar-refractivity contribution in [3.05, 3.63) is 45.7 Å². The van der Waals surface area contributed by atoms with Crippen molar-refractivity contribution in [2.45, 2.75) is 26.0 Å². The van der Waals surface area contributed by atoms with Gasteiger partial charge < -0.3 is 10.1 Å². The van der Waals surface area contributed by atoms with E-state index in [-0.39, 0.29) is 17.9 Å². The minimum Gasteiger partial charge on any atom is -0.373 e. The molecule has 2 aromatic heterocycles. The van der Waals surface area contributed by atoms with Gasteiger partial charge in [-0.15, -0.1) is 11.3 Å². The summed E-state index contributed by atoms with van der Waals surface area (Å²) in [6.07, 6.45) is 2.27. The smallest absolute Gasteiger partial charge is 0.226 e. The van der Waals surface area contributed by atoms with Gasteiger partial charge in [0.15, 0.2) is 0 Å². The van der Waals surface area contributed by atoms with Crippen LogP contribution >= 0.6 is 22.9 Å². The highest BCUT2D eigenvalue weighted by Gasteiger charge is 2.36. The van der Waals surface area contributed by atoms with Crippen LogP contribution in [0.4, 0.5) is 0 Å². The van der Waals surface area contributed by atoms with E-state index >= 15 is 0 Å². The molecule has 26 heavy (non-hydrogen) atoms. The molecule has 3 heterocycles. The zero-order chi connectivity index (χ0) is 18.3. The Kier molecular flexibility index (Phi) is 4.69. The summed E-state index contributed by atoms with van der Waals surface area (Å²) >= 11 is 7.57. The molecule has 0 unspecified atom stereocenters. The minimum atomic E-state index is -0.238. The maximum absolute atomic E-state index is 12.7. The second-order valence-electron chi connectivity index (χ2n) is 6.43. The minimum absolute atomic E-state index is 0.00644. The number of hydrogen-bond acceptors (Lipinski definition) is 5. The molecule has 3 aromatic rings. The number of aromatic nitrogens is 3. The molecule has 0 saturated carbocycles. The van der Waals surface area contributed by atoms with Gasteiger partial charge in [0.25, 0.3) is 0 Å². The highest BCUT2D eigenvalue weighted by molar-refractivity contribution is 7.18. The summed E-state index contributed by atoms with van der Waals surface area (Å²) in [7, 11) is 1.89. The number of ether oxygens (including phenoxy) is 1. The SMILES string of the molecule is Cc1c([C@H]2OCC[C@@H]2C(=O)NCc2nc3cc(Cl)ccc3s2)cnn1C. The number of nitrogens with zero attached hydrogens (tertiary/aromatic N) is 3. The van der Waals surface area contributed by atoms with Crippen LogP contribution in [-0.4, -0.2) is 27.3 Å². The average molecular weight is 391 g/mol. The lowest BCUT2D eigenvalue weighted by Gasteiger charge is -2.17. The zero-order valence-corrected chi connectivity index (χ0v) is 16.1. The highest BCUT2D eigenvalue weighted by Crippen LogP contribution is 2.36. The molecule has 136 valence electrons. The van der Waals surface area contributed by atoms with E-state index in [1.54, 1.807) is 22.2 Å². The topological polar surface area (TPSA) is 69.0 Å². The van der Waals surface area contributed by atoms with Crippen LogP contribution in [0, 0.1) is 12.8 Å². The van der Waals surface area contributed by atoms with Crippen LogP contribution in [0.25, 0.3) is 10.2 Å². The molecule has 2 atom stereocenters. The third kappa shape index (κ3) is 3.22. The van der Waals surface area contributed by atoms with Crippen LogP contribution in [0.2, 0.25) is 5.02 Å². The molecular weight excluding hydrogens is 372 g/mol. The fourth-order valence-electron chi connectivity index (χ4n) is 3.28. The van der Waals surface area contributed by atoms with Gasteiger partial charge in [0.1, 0.15) is 5.01 Å². The van der Waals surface area contributed by atoms with Crippen LogP contribution in [0.15, 0.2) is 24.4 Å². The Labute approximate surface area is 160 Å². The third-order valence-corrected chi connectivity index (χ3v) is 6.09. The van der Waals surface area contributed by atoms with Crippen LogP contribution in [-0.2, 0) is 23.1 Å². The normalized spacial score (nSPS) is 20.0. The van der Waals surface area contributed by atoms with E-state index in [1.807, 2.05) is 32.2 Å². The molecule has 0 aliphatic carbocycles. The Morgan fingerprint density at radius 2 is 2.35 bits per heavy atom. The number of hydrogen-bond donors (Lipinski definition) is 1. The molecule has 0 radical (unpaired) electrons. The van der Waals surface area contributed by atoms with Gasteiger partial charge >= 0.3 is 0 Å². The molecule has 4 rings (SSSR count). The molecule has 0 bridgehead atoms. The number of carbonyl (C=O) groups is 1. The monoisotopic (exact) mass is 390 g/mol. The average Bonchev–Trinajstić information content (AvgIpc) is 3.32. The van der Waals surface area contributed by atoms with Crippen molar-refractivity contribution < 1.29 is 9.53 Å². The van der Waals surface area contributed by atoms with Crippen LogP contribution in [0.1, 0.15) is 28.8 Å². The number of nitrogens with one attached hydrogen (secondary N) is 1. The van der Waals surface area contributed by atoms with Crippen molar-refractivity contribution in [2.75, 3.05) is 6.61 Å². The predicted octanol–water partition coefficient (Wildman–Crippen LogP) is 3.39. The first-order chi connectivity index (χ1) is 12.5. The van der Waals surface area contributed by atoms with Gasteiger partial charge in [-0.1, -0.05) is 11.6 Å². The maximum Gasteiger partial charge on any atom is 0.226 e. The van der Waals surface area contributed by atoms with E-state index in [9.17, 15) is 4.79 Å². The summed E-state index contributed by atoms with van der Waals surface area (Å²) in [6.45, 7) is 2.98. The Morgan fingerprint density at radius 3 is 3.12 bits per heavy atom. The number of rotatable bonds is 4. The van der Waals surface area contributed by atoms with Crippen LogP contribution in [0.3, 0.4) is 0 Å². The molecule has 8 heteroatoms. The Balaban J connectivity index is 1.45. The molecule has 6 nitrogen and oxygen atoms in total. The van der Waals surface area contributed by atoms with Crippen molar-refractivity contribution in [1.29, 1.82) is 0 Å². The first kappa shape index (κ1) is 17.5. The second-order valence-corrected chi connectivity index (χ2v) is 7.98. The lowest BCUT2D eigenvalue weighted by Crippen LogP contribution is -2.32. The molecule has 1 aromatic carbocycles. The number of aryl methyl sites for hydroxylation is 1. The lowest BCUT2D eigenvalue weighted by atomic mass is 9.95. The Morgan fingerprint density at radius 1 is 1.50 bits per heavy atom. The largest absolute Gasteiger partial charge is 0.373 e. The number of thiazole rings is 1. The molecule has 1 amide bonds. The molecule has 0 spiro atoms. The molecule has 1 N–H and O–H groups in total. The predicted molar refractivity (Wildman–Crippen MR) is 101 cm³/mol. The summed E-state index contributed by atoms with van der Waals surface area (Å²) in [4.78, 5) is 17.3. The highest BCUT2D eigenvalue weighted by atomic mass is 35.5. The van der Waals surface area contributed by atoms with Crippen molar-refractivity contribution in [1.82, 2.24) is 20.1 Å². The van der Waals surface area contributed by atoms with Crippen molar-refractivity contribution >= 4 is 39.1 Å². The summed E-state index contributed by atoms with van der Waals surface area (Å²) in [6, 6.07) is 5.64. The van der Waals surface area contributed by atoms with Crippen LogP contribution < -0.4 is 5.32 Å². The first-order valence-corrected chi connectivity index (χ1v) is 9.65. The van der Waals surface area contributed by atoms with Gasteiger partial charge in [-0.25, -0.2) is 4.98 Å². The Bertz CT molecular complexity index is 967. The quantitative estimate of drug-likeness (QED) is 0.741. The standard InChI is InChI=1S/C18H19ClN4O2S/c1-10-13(8-21-23(10)2)17-12(5-6-25-17)18(24)20-9-16-22-14-7-11(19)3-4-15(14)26-16/h3-4,7-8,12,17H,5-6,9H2,1-2H3,(H,20,24)/t12-,17-/m0/s1. The summed E-state index contributed by atoms with van der Waals surface area (Å²) in [5.41, 5.74) is 2.87. The fourth-order valence-corrected chi connectivity index (χ4v) is 4.33. The van der Waals surface area contributed by atoms with Gasteiger partial charge in [-0.3, -0.25) is 9.48 Å². The maximum atomic E-state index is 12.7. The number of benzene rings is 1. The number of carbonyl (C=O) groups excluding carboxylic acids is 1. The molecule has 1 aliphatic heterocycles. The number of amides is 1. The van der Waals surface area contributed by atoms with E-state index in [2.05, 4.69) is 15.4 Å². The summed E-state index contributed by atoms with van der Waals surface area (Å²) < 4.78 is 8.70. The van der Waals surface area contributed by atoms with Gasteiger partial charge in [0.05, 0.1) is 35.0 Å². The van der Waals surface area contributed by atoms with E-state index in [0.29, 0.717) is 24.6 Å². The zero-order valence-electron chi connectivity index (χ0n) is 14.5. The lowest BCUT2D eigenvalue weighted by molar-refractivity contribution is -0.126. The number of fused-ring (bicyclic) bond motifs is 1. The number of halogens is 1. The van der Waals surface area contributed by atoms with Crippen LogP contribution in [0.5, 0.6) is 0 Å². The van der Waals surface area contributed by atoms with E-state index < -0.39 is 0 Å². The summed E-state index contributed by atoms with van der Waals surface area (Å²) in [5.74, 6) is -0.213. The molecular formula is C18H19ClN4O2S. The molecule has 1 fully saturated rings. The van der Waals surface area contributed by atoms with Gasteiger partial charge in [0.2, 0.25) is 5.91 Å². The summed E-state index contributed by atoms with van der Waals surface area (Å²) in [5, 5.41) is 8.80. The van der Waals surface area contributed by atoms with E-state index in [0.717, 1.165) is 26.5 Å². The van der Waals surface area contributed by atoms with E-state index in [1.165, 1.54) is 0 Å². The fraction of sp³-hybridized carbons (Fsp3) is 0.389. The Hall–Kier alpha value is -1.96.